The molecule has 3 heteroatoms. The van der Waals surface area contributed by atoms with Crippen LogP contribution in [-0.4, -0.2) is 60.8 Å². The van der Waals surface area contributed by atoms with Crippen LogP contribution in [0, 0.1) is 0 Å². The second-order valence-electron chi connectivity index (χ2n) is 6.99. The molecule has 0 N–H and O–H groups in total. The van der Waals surface area contributed by atoms with Gasteiger partial charge < -0.3 is 9.64 Å². The lowest BCUT2D eigenvalue weighted by molar-refractivity contribution is -0.00501. The lowest BCUT2D eigenvalue weighted by Crippen LogP contribution is -2.48. The minimum atomic E-state index is 0.0210. The van der Waals surface area contributed by atoms with E-state index in [9.17, 15) is 0 Å². The van der Waals surface area contributed by atoms with E-state index in [1.54, 1.807) is 0 Å². The van der Waals surface area contributed by atoms with Crippen molar-refractivity contribution >= 4 is 0 Å². The summed E-state index contributed by atoms with van der Waals surface area (Å²) < 4.78 is 5.74. The number of unbranched alkanes of at least 4 members (excludes halogenated alkanes) is 2. The van der Waals surface area contributed by atoms with Gasteiger partial charge in [0.15, 0.2) is 0 Å². The van der Waals surface area contributed by atoms with Crippen molar-refractivity contribution in [1.82, 2.24) is 9.80 Å². The third-order valence-corrected chi connectivity index (χ3v) is 3.79. The third kappa shape index (κ3) is 7.91. The molecule has 0 aromatic rings. The van der Waals surface area contributed by atoms with Crippen LogP contribution < -0.4 is 0 Å². The van der Waals surface area contributed by atoms with Gasteiger partial charge >= 0.3 is 0 Å². The SMILES string of the molecule is CC(C)N1CCN(CCCCCOC(C)(C)C)CC1. The normalized spacial score (nSPS) is 19.3. The molecule has 1 heterocycles. The Balaban J connectivity index is 1.97. The van der Waals surface area contributed by atoms with E-state index in [0.29, 0.717) is 6.04 Å². The molecule has 0 bridgehead atoms. The van der Waals surface area contributed by atoms with Crippen molar-refractivity contribution in [2.24, 2.45) is 0 Å². The topological polar surface area (TPSA) is 15.7 Å². The summed E-state index contributed by atoms with van der Waals surface area (Å²) in [7, 11) is 0. The van der Waals surface area contributed by atoms with Crippen molar-refractivity contribution in [3.63, 3.8) is 0 Å². The van der Waals surface area contributed by atoms with E-state index in [2.05, 4.69) is 44.4 Å². The van der Waals surface area contributed by atoms with Crippen molar-refractivity contribution in [2.45, 2.75) is 65.5 Å². The number of hydrogen-bond acceptors (Lipinski definition) is 3. The van der Waals surface area contributed by atoms with Gasteiger partial charge in [0, 0.05) is 38.8 Å². The maximum absolute atomic E-state index is 5.74. The lowest BCUT2D eigenvalue weighted by atomic mass is 10.2. The fourth-order valence-corrected chi connectivity index (χ4v) is 2.50. The lowest BCUT2D eigenvalue weighted by Gasteiger charge is -2.36. The Morgan fingerprint density at radius 2 is 1.58 bits per heavy atom. The van der Waals surface area contributed by atoms with Gasteiger partial charge in [-0.1, -0.05) is 0 Å². The Bertz CT molecular complexity index is 227. The molecule has 0 aliphatic carbocycles. The molecule has 0 atom stereocenters. The first-order valence-corrected chi connectivity index (χ1v) is 7.99. The van der Waals surface area contributed by atoms with Crippen LogP contribution in [0.15, 0.2) is 0 Å². The molecule has 114 valence electrons. The van der Waals surface area contributed by atoms with E-state index in [-0.39, 0.29) is 5.60 Å². The fraction of sp³-hybridized carbons (Fsp3) is 1.00. The summed E-state index contributed by atoms with van der Waals surface area (Å²) in [6.07, 6.45) is 3.80. The van der Waals surface area contributed by atoms with Crippen LogP contribution in [-0.2, 0) is 4.74 Å². The second kappa shape index (κ2) is 8.23. The van der Waals surface area contributed by atoms with Crippen LogP contribution in [0.1, 0.15) is 53.9 Å². The van der Waals surface area contributed by atoms with Crippen LogP contribution >= 0.6 is 0 Å². The molecule has 0 radical (unpaired) electrons. The summed E-state index contributed by atoms with van der Waals surface area (Å²) in [5.41, 5.74) is 0.0210. The van der Waals surface area contributed by atoms with Crippen molar-refractivity contribution in [3.05, 3.63) is 0 Å². The van der Waals surface area contributed by atoms with Gasteiger partial charge in [0.1, 0.15) is 0 Å². The van der Waals surface area contributed by atoms with Gasteiger partial charge in [-0.25, -0.2) is 0 Å². The molecule has 0 aromatic heterocycles. The Labute approximate surface area is 120 Å². The van der Waals surface area contributed by atoms with Crippen LogP contribution in [0.2, 0.25) is 0 Å². The minimum Gasteiger partial charge on any atom is -0.376 e. The molecule has 1 fully saturated rings. The van der Waals surface area contributed by atoms with Gasteiger partial charge in [-0.3, -0.25) is 4.90 Å². The van der Waals surface area contributed by atoms with Crippen LogP contribution in [0.3, 0.4) is 0 Å². The molecule has 1 rings (SSSR count). The average molecular weight is 270 g/mol. The van der Waals surface area contributed by atoms with Gasteiger partial charge in [0.25, 0.3) is 0 Å². The fourth-order valence-electron chi connectivity index (χ4n) is 2.50. The van der Waals surface area contributed by atoms with Crippen molar-refractivity contribution in [3.8, 4) is 0 Å². The van der Waals surface area contributed by atoms with Crippen molar-refractivity contribution in [2.75, 3.05) is 39.3 Å². The molecule has 0 unspecified atom stereocenters. The quantitative estimate of drug-likeness (QED) is 0.661. The van der Waals surface area contributed by atoms with Gasteiger partial charge in [-0.15, -0.1) is 0 Å². The smallest absolute Gasteiger partial charge is 0.0598 e. The predicted molar refractivity (Wildman–Crippen MR) is 82.7 cm³/mol. The number of rotatable bonds is 7. The zero-order chi connectivity index (χ0) is 14.3. The Hall–Kier alpha value is -0.120. The van der Waals surface area contributed by atoms with Crippen LogP contribution in [0.4, 0.5) is 0 Å². The number of piperazine rings is 1. The summed E-state index contributed by atoms with van der Waals surface area (Å²) in [5, 5.41) is 0. The minimum absolute atomic E-state index is 0.0210. The monoisotopic (exact) mass is 270 g/mol. The van der Waals surface area contributed by atoms with Crippen LogP contribution in [0.5, 0.6) is 0 Å². The predicted octanol–water partition coefficient (Wildman–Crippen LogP) is 3.00. The van der Waals surface area contributed by atoms with E-state index in [1.807, 2.05) is 0 Å². The highest BCUT2D eigenvalue weighted by Crippen LogP contribution is 2.10. The van der Waals surface area contributed by atoms with Crippen molar-refractivity contribution in [1.29, 1.82) is 0 Å². The molecule has 0 amide bonds. The van der Waals surface area contributed by atoms with Gasteiger partial charge in [0.2, 0.25) is 0 Å². The zero-order valence-corrected chi connectivity index (χ0v) is 13.7. The molecule has 1 saturated heterocycles. The largest absolute Gasteiger partial charge is 0.376 e. The summed E-state index contributed by atoms with van der Waals surface area (Å²) in [6, 6.07) is 0.705. The van der Waals surface area contributed by atoms with E-state index >= 15 is 0 Å². The average Bonchev–Trinajstić information content (AvgIpc) is 2.33. The summed E-state index contributed by atoms with van der Waals surface area (Å²) in [5.74, 6) is 0. The number of nitrogens with zero attached hydrogens (tertiary/aromatic N) is 2. The van der Waals surface area contributed by atoms with Crippen molar-refractivity contribution < 1.29 is 4.74 Å². The molecule has 3 nitrogen and oxygen atoms in total. The molecule has 1 aliphatic heterocycles. The molecule has 0 aromatic carbocycles. The van der Waals surface area contributed by atoms with Gasteiger partial charge in [-0.2, -0.15) is 0 Å². The second-order valence-corrected chi connectivity index (χ2v) is 6.99. The first-order valence-electron chi connectivity index (χ1n) is 7.99. The first kappa shape index (κ1) is 16.9. The Morgan fingerprint density at radius 3 is 2.11 bits per heavy atom. The molecule has 1 aliphatic rings. The summed E-state index contributed by atoms with van der Waals surface area (Å²) in [6.45, 7) is 18.1. The summed E-state index contributed by atoms with van der Waals surface area (Å²) in [4.78, 5) is 5.19. The first-order chi connectivity index (χ1) is 8.88. The van der Waals surface area contributed by atoms with Gasteiger partial charge in [0.05, 0.1) is 5.60 Å². The molecule has 19 heavy (non-hydrogen) atoms. The number of ether oxygens (including phenoxy) is 1. The maximum atomic E-state index is 5.74. The highest BCUT2D eigenvalue weighted by atomic mass is 16.5. The Kier molecular flexibility index (Phi) is 7.33. The highest BCUT2D eigenvalue weighted by molar-refractivity contribution is 4.74. The zero-order valence-electron chi connectivity index (χ0n) is 13.7. The van der Waals surface area contributed by atoms with Crippen LogP contribution in [0.25, 0.3) is 0 Å². The molecule has 0 spiro atoms. The number of hydrogen-bond donors (Lipinski definition) is 0. The molecular formula is C16H34N2O. The third-order valence-electron chi connectivity index (χ3n) is 3.79. The van der Waals surface area contributed by atoms with E-state index in [0.717, 1.165) is 6.61 Å². The molecule has 0 saturated carbocycles. The standard InChI is InChI=1S/C16H34N2O/c1-15(2)18-12-10-17(11-13-18)9-7-6-8-14-19-16(3,4)5/h15H,6-14H2,1-5H3. The van der Waals surface area contributed by atoms with E-state index < -0.39 is 0 Å². The molecular weight excluding hydrogens is 236 g/mol. The van der Waals surface area contributed by atoms with E-state index in [4.69, 9.17) is 4.74 Å². The Morgan fingerprint density at radius 1 is 0.947 bits per heavy atom. The van der Waals surface area contributed by atoms with Gasteiger partial charge in [-0.05, 0) is 60.4 Å². The summed E-state index contributed by atoms with van der Waals surface area (Å²) >= 11 is 0. The maximum Gasteiger partial charge on any atom is 0.0598 e. The highest BCUT2D eigenvalue weighted by Gasteiger charge is 2.17. The van der Waals surface area contributed by atoms with E-state index in [1.165, 1.54) is 52.0 Å².